The lowest BCUT2D eigenvalue weighted by Crippen LogP contribution is -2.59. The number of amides is 2. The van der Waals surface area contributed by atoms with Gasteiger partial charge >= 0.3 is 6.03 Å². The number of nitrogens with two attached hydrogens (primary N) is 1. The quantitative estimate of drug-likeness (QED) is 0.752. The molecule has 0 atom stereocenters. The summed E-state index contributed by atoms with van der Waals surface area (Å²) in [4.78, 5) is 14.6. The minimum Gasteiger partial charge on any atom is -0.335 e. The normalized spacial score (nSPS) is 22.6. The highest BCUT2D eigenvalue weighted by Crippen LogP contribution is 2.32. The van der Waals surface area contributed by atoms with Gasteiger partial charge in [0.2, 0.25) is 0 Å². The molecule has 0 aromatic rings. The van der Waals surface area contributed by atoms with Gasteiger partial charge in [0.25, 0.3) is 0 Å². The lowest BCUT2D eigenvalue weighted by atomic mass is 9.88. The average molecular weight is 267 g/mol. The van der Waals surface area contributed by atoms with E-state index in [4.69, 9.17) is 5.73 Å². The first-order chi connectivity index (χ1) is 9.22. The third kappa shape index (κ3) is 3.62. The van der Waals surface area contributed by atoms with E-state index in [0.29, 0.717) is 12.6 Å². The fraction of sp³-hybridized carbons (Fsp3) is 0.933. The molecular formula is C15H29N3O. The molecule has 0 aromatic heterocycles. The molecule has 0 radical (unpaired) electrons. The molecule has 0 aliphatic heterocycles. The Kier molecular flexibility index (Phi) is 5.08. The molecule has 4 nitrogen and oxygen atoms in total. The number of hydrogen-bond donors (Lipinski definition) is 2. The molecule has 2 amide bonds. The van der Waals surface area contributed by atoms with Crippen LogP contribution < -0.4 is 11.1 Å². The molecule has 110 valence electrons. The number of hydrogen-bond acceptors (Lipinski definition) is 2. The maximum absolute atomic E-state index is 12.5. The van der Waals surface area contributed by atoms with Crippen molar-refractivity contribution in [3.05, 3.63) is 0 Å². The summed E-state index contributed by atoms with van der Waals surface area (Å²) in [5.74, 6) is 0. The molecule has 0 saturated heterocycles. The molecule has 4 heteroatoms. The monoisotopic (exact) mass is 267 g/mol. The third-order valence-corrected chi connectivity index (χ3v) is 4.58. The molecule has 3 N–H and O–H groups in total. The second kappa shape index (κ2) is 6.60. The third-order valence-electron chi connectivity index (χ3n) is 4.58. The molecule has 0 heterocycles. The van der Waals surface area contributed by atoms with E-state index >= 15 is 0 Å². The summed E-state index contributed by atoms with van der Waals surface area (Å²) in [5.41, 5.74) is 6.01. The minimum atomic E-state index is -0.0918. The topological polar surface area (TPSA) is 58.4 Å². The summed E-state index contributed by atoms with van der Waals surface area (Å²) in [6, 6.07) is 0.546. The van der Waals surface area contributed by atoms with Crippen molar-refractivity contribution >= 4 is 6.03 Å². The van der Waals surface area contributed by atoms with E-state index in [-0.39, 0.29) is 11.6 Å². The highest BCUT2D eigenvalue weighted by molar-refractivity contribution is 5.76. The van der Waals surface area contributed by atoms with Crippen LogP contribution in [0.15, 0.2) is 0 Å². The maximum Gasteiger partial charge on any atom is 0.318 e. The molecule has 19 heavy (non-hydrogen) atoms. The van der Waals surface area contributed by atoms with Crippen molar-refractivity contribution in [3.63, 3.8) is 0 Å². The zero-order chi connectivity index (χ0) is 13.7. The zero-order valence-corrected chi connectivity index (χ0v) is 12.3. The molecule has 2 aliphatic rings. The van der Waals surface area contributed by atoms with Gasteiger partial charge in [-0.15, -0.1) is 0 Å². The molecule has 0 bridgehead atoms. The molecule has 0 aromatic carbocycles. The number of urea groups is 1. The number of nitrogens with one attached hydrogen (secondary N) is 1. The Bertz CT molecular complexity index is 294. The largest absolute Gasteiger partial charge is 0.335 e. The van der Waals surface area contributed by atoms with Crippen molar-refractivity contribution in [2.45, 2.75) is 76.3 Å². The van der Waals surface area contributed by atoms with Crippen LogP contribution in [0, 0.1) is 0 Å². The fourth-order valence-electron chi connectivity index (χ4n) is 3.23. The van der Waals surface area contributed by atoms with E-state index < -0.39 is 0 Å². The van der Waals surface area contributed by atoms with Gasteiger partial charge in [0.15, 0.2) is 0 Å². The van der Waals surface area contributed by atoms with Gasteiger partial charge in [0, 0.05) is 19.1 Å². The summed E-state index contributed by atoms with van der Waals surface area (Å²) in [6.07, 6.45) is 10.4. The highest BCUT2D eigenvalue weighted by atomic mass is 16.2. The Balaban J connectivity index is 2.09. The summed E-state index contributed by atoms with van der Waals surface area (Å²) in [7, 11) is 0. The summed E-state index contributed by atoms with van der Waals surface area (Å²) in [6.45, 7) is 3.57. The van der Waals surface area contributed by atoms with Gasteiger partial charge < -0.3 is 16.0 Å². The Morgan fingerprint density at radius 3 is 2.37 bits per heavy atom. The second-order valence-electron chi connectivity index (χ2n) is 6.22. The van der Waals surface area contributed by atoms with Gasteiger partial charge in [-0.25, -0.2) is 4.79 Å². The van der Waals surface area contributed by atoms with Crippen LogP contribution >= 0.6 is 0 Å². The molecule has 2 aliphatic carbocycles. The van der Waals surface area contributed by atoms with Crippen molar-refractivity contribution in [2.24, 2.45) is 5.73 Å². The minimum absolute atomic E-state index is 0.0918. The van der Waals surface area contributed by atoms with Crippen LogP contribution in [0.25, 0.3) is 0 Å². The Morgan fingerprint density at radius 2 is 1.89 bits per heavy atom. The van der Waals surface area contributed by atoms with Crippen LogP contribution in [-0.2, 0) is 0 Å². The van der Waals surface area contributed by atoms with E-state index in [1.807, 2.05) is 0 Å². The number of carbonyl (C=O) groups excluding carboxylic acids is 1. The van der Waals surface area contributed by atoms with Crippen LogP contribution in [0.2, 0.25) is 0 Å². The van der Waals surface area contributed by atoms with Crippen molar-refractivity contribution in [2.75, 3.05) is 13.1 Å². The maximum atomic E-state index is 12.5. The van der Waals surface area contributed by atoms with Crippen LogP contribution in [0.5, 0.6) is 0 Å². The Morgan fingerprint density at radius 1 is 1.26 bits per heavy atom. The second-order valence-corrected chi connectivity index (χ2v) is 6.22. The molecule has 0 unspecified atom stereocenters. The summed E-state index contributed by atoms with van der Waals surface area (Å²) in [5, 5.41) is 3.15. The van der Waals surface area contributed by atoms with E-state index in [1.54, 1.807) is 0 Å². The molecular weight excluding hydrogens is 238 g/mol. The molecule has 0 spiro atoms. The highest BCUT2D eigenvalue weighted by Gasteiger charge is 2.39. The first-order valence-corrected chi connectivity index (χ1v) is 8.00. The fourth-order valence-corrected chi connectivity index (χ4v) is 3.23. The molecule has 2 saturated carbocycles. The van der Waals surface area contributed by atoms with Crippen molar-refractivity contribution in [1.29, 1.82) is 0 Å². The zero-order valence-electron chi connectivity index (χ0n) is 12.3. The van der Waals surface area contributed by atoms with Crippen LogP contribution in [0.3, 0.4) is 0 Å². The van der Waals surface area contributed by atoms with E-state index in [9.17, 15) is 4.79 Å². The van der Waals surface area contributed by atoms with Crippen molar-refractivity contribution < 1.29 is 4.79 Å². The van der Waals surface area contributed by atoms with Gasteiger partial charge in [-0.1, -0.05) is 32.6 Å². The summed E-state index contributed by atoms with van der Waals surface area (Å²) >= 11 is 0. The SMILES string of the molecule is CCCN(C(=O)NC1CC1)C1(CN)CCCCCC1. The van der Waals surface area contributed by atoms with Crippen molar-refractivity contribution in [3.8, 4) is 0 Å². The molecule has 2 fully saturated rings. The van der Waals surface area contributed by atoms with E-state index in [1.165, 1.54) is 25.7 Å². The van der Waals surface area contributed by atoms with Crippen LogP contribution in [-0.4, -0.2) is 35.6 Å². The number of nitrogens with zero attached hydrogens (tertiary/aromatic N) is 1. The number of rotatable bonds is 5. The summed E-state index contributed by atoms with van der Waals surface area (Å²) < 4.78 is 0. The molecule has 2 rings (SSSR count). The standard InChI is InChI=1S/C15H29N3O/c1-2-11-18(14(19)17-13-7-8-13)15(12-16)9-5-3-4-6-10-15/h13H,2-12,16H2,1H3,(H,17,19). The lowest BCUT2D eigenvalue weighted by Gasteiger charge is -2.43. The van der Waals surface area contributed by atoms with Gasteiger partial charge in [-0.2, -0.15) is 0 Å². The number of carbonyl (C=O) groups is 1. The van der Waals surface area contributed by atoms with Crippen LogP contribution in [0.4, 0.5) is 4.79 Å². The van der Waals surface area contributed by atoms with Crippen LogP contribution in [0.1, 0.15) is 64.7 Å². The van der Waals surface area contributed by atoms with Crippen molar-refractivity contribution in [1.82, 2.24) is 10.2 Å². The first kappa shape index (κ1) is 14.6. The van der Waals surface area contributed by atoms with E-state index in [0.717, 1.165) is 38.6 Å². The lowest BCUT2D eigenvalue weighted by molar-refractivity contribution is 0.102. The van der Waals surface area contributed by atoms with E-state index in [2.05, 4.69) is 17.1 Å². The Labute approximate surface area is 117 Å². The first-order valence-electron chi connectivity index (χ1n) is 8.00. The van der Waals surface area contributed by atoms with Gasteiger partial charge in [-0.05, 0) is 32.1 Å². The van der Waals surface area contributed by atoms with Gasteiger partial charge in [0.05, 0.1) is 5.54 Å². The van der Waals surface area contributed by atoms with Gasteiger partial charge in [0.1, 0.15) is 0 Å². The van der Waals surface area contributed by atoms with Gasteiger partial charge in [-0.3, -0.25) is 0 Å². The average Bonchev–Trinajstić information content (AvgIpc) is 3.22. The Hall–Kier alpha value is -0.770. The predicted octanol–water partition coefficient (Wildman–Crippen LogP) is 2.62. The predicted molar refractivity (Wildman–Crippen MR) is 78.0 cm³/mol. The smallest absolute Gasteiger partial charge is 0.318 e.